The summed E-state index contributed by atoms with van der Waals surface area (Å²) in [5, 5.41) is 22.8. The molecule has 0 radical (unpaired) electrons. The van der Waals surface area contributed by atoms with Crippen LogP contribution in [-0.2, 0) is 6.42 Å². The minimum absolute atomic E-state index is 0.562. The van der Waals surface area contributed by atoms with Crippen LogP contribution in [0.5, 0.6) is 0 Å². The molecule has 2 N–H and O–H groups in total. The second kappa shape index (κ2) is 5.83. The van der Waals surface area contributed by atoms with Gasteiger partial charge in [-0.15, -0.1) is 11.3 Å². The second-order valence-electron chi connectivity index (χ2n) is 4.97. The Bertz CT molecular complexity index is 356. The van der Waals surface area contributed by atoms with E-state index in [2.05, 4.69) is 15.9 Å². The zero-order valence-corrected chi connectivity index (χ0v) is 12.3. The van der Waals surface area contributed by atoms with Crippen LogP contribution in [0.1, 0.15) is 43.4 Å². The minimum atomic E-state index is -0.868. The van der Waals surface area contributed by atoms with Crippen LogP contribution in [0.4, 0.5) is 0 Å². The lowest BCUT2D eigenvalue weighted by Crippen LogP contribution is -2.43. The summed E-state index contributed by atoms with van der Waals surface area (Å²) in [4.78, 5) is 1.13. The number of hydrogen-bond acceptors (Lipinski definition) is 3. The Morgan fingerprint density at radius 2 is 1.94 bits per heavy atom. The van der Waals surface area contributed by atoms with Gasteiger partial charge in [-0.1, -0.05) is 25.7 Å². The van der Waals surface area contributed by atoms with E-state index in [0.717, 1.165) is 35.0 Å². The van der Waals surface area contributed by atoms with Crippen LogP contribution in [0, 0.1) is 0 Å². The fourth-order valence-corrected chi connectivity index (χ4v) is 4.00. The van der Waals surface area contributed by atoms with Gasteiger partial charge in [0.15, 0.2) is 0 Å². The van der Waals surface area contributed by atoms with Gasteiger partial charge < -0.3 is 10.2 Å². The smallest absolute Gasteiger partial charge is 0.0909 e. The van der Waals surface area contributed by atoms with Crippen molar-refractivity contribution in [2.45, 2.75) is 56.7 Å². The molecule has 2 rings (SSSR count). The quantitative estimate of drug-likeness (QED) is 0.837. The zero-order chi connectivity index (χ0) is 12.3. The first-order valence-corrected chi connectivity index (χ1v) is 7.91. The summed E-state index contributed by atoms with van der Waals surface area (Å²) >= 11 is 5.04. The number of hydrogen-bond donors (Lipinski definition) is 2. The topological polar surface area (TPSA) is 40.5 Å². The standard InChI is InChI=1S/C13H19BrO2S/c14-10-7-11(17-9-10)8-12(15)13(16)5-3-1-2-4-6-13/h7,9,12,15-16H,1-6,8H2. The molecule has 1 saturated carbocycles. The van der Waals surface area contributed by atoms with E-state index in [1.165, 1.54) is 12.8 Å². The molecule has 0 amide bonds. The molecule has 96 valence electrons. The van der Waals surface area contributed by atoms with Gasteiger partial charge in [0.1, 0.15) is 0 Å². The van der Waals surface area contributed by atoms with E-state index in [1.54, 1.807) is 11.3 Å². The van der Waals surface area contributed by atoms with Gasteiger partial charge in [0, 0.05) is 21.2 Å². The van der Waals surface area contributed by atoms with Crippen molar-refractivity contribution < 1.29 is 10.2 Å². The molecule has 1 fully saturated rings. The maximum Gasteiger partial charge on any atom is 0.0909 e. The summed E-state index contributed by atoms with van der Waals surface area (Å²) in [6.07, 6.45) is 5.82. The average Bonchev–Trinajstić information content (AvgIpc) is 2.56. The van der Waals surface area contributed by atoms with Gasteiger partial charge in [-0.3, -0.25) is 0 Å². The van der Waals surface area contributed by atoms with Crippen LogP contribution in [0.2, 0.25) is 0 Å². The minimum Gasteiger partial charge on any atom is -0.390 e. The van der Waals surface area contributed by atoms with Crippen molar-refractivity contribution in [3.8, 4) is 0 Å². The lowest BCUT2D eigenvalue weighted by Gasteiger charge is -2.31. The first kappa shape index (κ1) is 13.5. The third-order valence-electron chi connectivity index (χ3n) is 3.61. The number of rotatable bonds is 3. The van der Waals surface area contributed by atoms with E-state index in [0.29, 0.717) is 6.42 Å². The van der Waals surface area contributed by atoms with Gasteiger partial charge in [0.05, 0.1) is 11.7 Å². The summed E-state index contributed by atoms with van der Waals surface area (Å²) in [7, 11) is 0. The molecule has 0 spiro atoms. The fraction of sp³-hybridized carbons (Fsp3) is 0.692. The Hall–Kier alpha value is 0.1000. The van der Waals surface area contributed by atoms with E-state index in [-0.39, 0.29) is 0 Å². The molecule has 0 saturated heterocycles. The van der Waals surface area contributed by atoms with Crippen molar-refractivity contribution in [3.05, 3.63) is 20.8 Å². The van der Waals surface area contributed by atoms with Crippen molar-refractivity contribution in [3.63, 3.8) is 0 Å². The molecular weight excluding hydrogens is 300 g/mol. The number of halogens is 1. The second-order valence-corrected chi connectivity index (χ2v) is 6.88. The molecule has 0 bridgehead atoms. The Labute approximate surface area is 115 Å². The van der Waals surface area contributed by atoms with Gasteiger partial charge in [-0.2, -0.15) is 0 Å². The van der Waals surface area contributed by atoms with Crippen molar-refractivity contribution in [2.75, 3.05) is 0 Å². The van der Waals surface area contributed by atoms with Crippen molar-refractivity contribution in [1.82, 2.24) is 0 Å². The number of aliphatic hydroxyl groups excluding tert-OH is 1. The Kier molecular flexibility index (Phi) is 4.64. The molecule has 1 heterocycles. The molecule has 17 heavy (non-hydrogen) atoms. The Balaban J connectivity index is 2.00. The van der Waals surface area contributed by atoms with Gasteiger partial charge in [-0.25, -0.2) is 0 Å². The maximum atomic E-state index is 10.5. The Morgan fingerprint density at radius 3 is 2.47 bits per heavy atom. The average molecular weight is 319 g/mol. The number of aliphatic hydroxyl groups is 2. The van der Waals surface area contributed by atoms with Crippen LogP contribution in [0.15, 0.2) is 15.9 Å². The van der Waals surface area contributed by atoms with Crippen LogP contribution >= 0.6 is 27.3 Å². The predicted molar refractivity (Wildman–Crippen MR) is 74.4 cm³/mol. The fourth-order valence-electron chi connectivity index (χ4n) is 2.52. The molecule has 1 aliphatic rings. The van der Waals surface area contributed by atoms with Crippen LogP contribution < -0.4 is 0 Å². The van der Waals surface area contributed by atoms with E-state index in [9.17, 15) is 10.2 Å². The summed E-state index contributed by atoms with van der Waals surface area (Å²) in [5.41, 5.74) is -0.868. The first-order chi connectivity index (χ1) is 8.10. The van der Waals surface area contributed by atoms with E-state index < -0.39 is 11.7 Å². The molecule has 0 aliphatic heterocycles. The molecule has 0 aromatic carbocycles. The molecule has 1 aromatic heterocycles. The van der Waals surface area contributed by atoms with Crippen molar-refractivity contribution >= 4 is 27.3 Å². The summed E-state index contributed by atoms with van der Waals surface area (Å²) < 4.78 is 1.05. The molecule has 4 heteroatoms. The van der Waals surface area contributed by atoms with Gasteiger partial charge >= 0.3 is 0 Å². The van der Waals surface area contributed by atoms with Crippen LogP contribution in [-0.4, -0.2) is 21.9 Å². The normalized spacial score (nSPS) is 22.1. The highest BCUT2D eigenvalue weighted by Crippen LogP contribution is 2.32. The molecule has 1 atom stereocenters. The highest BCUT2D eigenvalue weighted by Gasteiger charge is 2.35. The number of thiophene rings is 1. The first-order valence-electron chi connectivity index (χ1n) is 6.23. The molecule has 1 aromatic rings. The van der Waals surface area contributed by atoms with Gasteiger partial charge in [0.25, 0.3) is 0 Å². The van der Waals surface area contributed by atoms with Crippen LogP contribution in [0.3, 0.4) is 0 Å². The highest BCUT2D eigenvalue weighted by atomic mass is 79.9. The van der Waals surface area contributed by atoms with E-state index in [1.807, 2.05) is 11.4 Å². The lowest BCUT2D eigenvalue weighted by molar-refractivity contribution is -0.0833. The summed E-state index contributed by atoms with van der Waals surface area (Å²) in [6, 6.07) is 2.02. The Morgan fingerprint density at radius 1 is 1.29 bits per heavy atom. The summed E-state index contributed by atoms with van der Waals surface area (Å²) in [5.74, 6) is 0. The monoisotopic (exact) mass is 318 g/mol. The van der Waals surface area contributed by atoms with Gasteiger partial charge in [0.2, 0.25) is 0 Å². The molecular formula is C13H19BrO2S. The SMILES string of the molecule is OC(Cc1cc(Br)cs1)C1(O)CCCCCC1. The van der Waals surface area contributed by atoms with Crippen molar-refractivity contribution in [2.24, 2.45) is 0 Å². The third kappa shape index (κ3) is 3.53. The predicted octanol–water partition coefficient (Wildman–Crippen LogP) is 3.50. The van der Waals surface area contributed by atoms with Crippen molar-refractivity contribution in [1.29, 1.82) is 0 Å². The van der Waals surface area contributed by atoms with E-state index >= 15 is 0 Å². The molecule has 1 unspecified atom stereocenters. The molecule has 1 aliphatic carbocycles. The molecule has 2 nitrogen and oxygen atoms in total. The van der Waals surface area contributed by atoms with Crippen LogP contribution in [0.25, 0.3) is 0 Å². The van der Waals surface area contributed by atoms with Gasteiger partial charge in [-0.05, 0) is 34.8 Å². The largest absolute Gasteiger partial charge is 0.390 e. The maximum absolute atomic E-state index is 10.5. The summed E-state index contributed by atoms with van der Waals surface area (Å²) in [6.45, 7) is 0. The zero-order valence-electron chi connectivity index (χ0n) is 9.86. The third-order valence-corrected chi connectivity index (χ3v) is 5.33. The lowest BCUT2D eigenvalue weighted by atomic mass is 9.86. The highest BCUT2D eigenvalue weighted by molar-refractivity contribution is 9.10. The van der Waals surface area contributed by atoms with E-state index in [4.69, 9.17) is 0 Å².